The Kier molecular flexibility index (Phi) is 6.16. The minimum atomic E-state index is -0.611. The highest BCUT2D eigenvalue weighted by molar-refractivity contribution is 5.98. The standard InChI is InChI=1S/C18H22N2O5/c1-4-25-14-7-5-13(6-8-14)20-16(21)10-12-9-15(18(23)24-3)11(2)19-17(12)22/h5-8,12H,4,9-10H2,1-3H3,(H,19,22)(H,20,21). The molecule has 1 atom stereocenters. The van der Waals surface area contributed by atoms with Crippen molar-refractivity contribution in [1.29, 1.82) is 0 Å². The summed E-state index contributed by atoms with van der Waals surface area (Å²) in [4.78, 5) is 36.0. The van der Waals surface area contributed by atoms with Crippen molar-refractivity contribution in [3.63, 3.8) is 0 Å². The maximum atomic E-state index is 12.2. The molecule has 25 heavy (non-hydrogen) atoms. The summed E-state index contributed by atoms with van der Waals surface area (Å²) in [5.41, 5.74) is 1.48. The third-order valence-electron chi connectivity index (χ3n) is 3.90. The predicted molar refractivity (Wildman–Crippen MR) is 91.8 cm³/mol. The van der Waals surface area contributed by atoms with Crippen LogP contribution in [-0.4, -0.2) is 31.5 Å². The van der Waals surface area contributed by atoms with E-state index in [-0.39, 0.29) is 24.7 Å². The summed E-state index contributed by atoms with van der Waals surface area (Å²) in [5, 5.41) is 5.37. The molecule has 0 aliphatic carbocycles. The zero-order chi connectivity index (χ0) is 18.4. The Bertz CT molecular complexity index is 694. The Morgan fingerprint density at radius 2 is 1.96 bits per heavy atom. The predicted octanol–water partition coefficient (Wildman–Crippen LogP) is 2.00. The Morgan fingerprint density at radius 1 is 1.28 bits per heavy atom. The average molecular weight is 346 g/mol. The second-order valence-electron chi connectivity index (χ2n) is 5.70. The summed E-state index contributed by atoms with van der Waals surface area (Å²) in [6.45, 7) is 4.10. The van der Waals surface area contributed by atoms with Crippen molar-refractivity contribution >= 4 is 23.5 Å². The lowest BCUT2D eigenvalue weighted by atomic mass is 9.90. The van der Waals surface area contributed by atoms with Crippen molar-refractivity contribution in [1.82, 2.24) is 5.32 Å². The van der Waals surface area contributed by atoms with Crippen molar-refractivity contribution in [2.24, 2.45) is 5.92 Å². The van der Waals surface area contributed by atoms with E-state index in [1.807, 2.05) is 6.92 Å². The highest BCUT2D eigenvalue weighted by atomic mass is 16.5. The van der Waals surface area contributed by atoms with Gasteiger partial charge in [-0.25, -0.2) is 4.79 Å². The number of hydrogen-bond donors (Lipinski definition) is 2. The Morgan fingerprint density at radius 3 is 2.56 bits per heavy atom. The first-order chi connectivity index (χ1) is 11.9. The molecule has 134 valence electrons. The van der Waals surface area contributed by atoms with Crippen LogP contribution in [0, 0.1) is 5.92 Å². The topological polar surface area (TPSA) is 93.7 Å². The van der Waals surface area contributed by atoms with Crippen molar-refractivity contribution in [3.8, 4) is 5.75 Å². The molecule has 1 unspecified atom stereocenters. The summed E-state index contributed by atoms with van der Waals surface area (Å²) in [7, 11) is 1.28. The first kappa shape index (κ1) is 18.5. The van der Waals surface area contributed by atoms with Gasteiger partial charge in [-0.15, -0.1) is 0 Å². The van der Waals surface area contributed by atoms with Gasteiger partial charge < -0.3 is 20.1 Å². The average Bonchev–Trinajstić information content (AvgIpc) is 2.58. The van der Waals surface area contributed by atoms with Crippen molar-refractivity contribution in [3.05, 3.63) is 35.5 Å². The normalized spacial score (nSPS) is 16.9. The number of carbonyl (C=O) groups excluding carboxylic acids is 3. The second kappa shape index (κ2) is 8.32. The van der Waals surface area contributed by atoms with Gasteiger partial charge in [0.1, 0.15) is 5.75 Å². The highest BCUT2D eigenvalue weighted by Gasteiger charge is 2.31. The monoisotopic (exact) mass is 346 g/mol. The Labute approximate surface area is 146 Å². The number of ether oxygens (including phenoxy) is 2. The van der Waals surface area contributed by atoms with Crippen LogP contribution in [-0.2, 0) is 19.1 Å². The van der Waals surface area contributed by atoms with Gasteiger partial charge in [0.25, 0.3) is 0 Å². The van der Waals surface area contributed by atoms with Gasteiger partial charge in [-0.2, -0.15) is 0 Å². The summed E-state index contributed by atoms with van der Waals surface area (Å²) < 4.78 is 10.1. The number of rotatable bonds is 6. The van der Waals surface area contributed by atoms with Crippen LogP contribution in [0.3, 0.4) is 0 Å². The van der Waals surface area contributed by atoms with Gasteiger partial charge in [0, 0.05) is 17.8 Å². The number of nitrogens with one attached hydrogen (secondary N) is 2. The van der Waals surface area contributed by atoms with E-state index in [0.717, 1.165) is 5.75 Å². The van der Waals surface area contributed by atoms with Crippen molar-refractivity contribution in [2.45, 2.75) is 26.7 Å². The Balaban J connectivity index is 1.97. The highest BCUT2D eigenvalue weighted by Crippen LogP contribution is 2.25. The number of carbonyl (C=O) groups is 3. The summed E-state index contributed by atoms with van der Waals surface area (Å²) in [6, 6.07) is 6.98. The molecule has 1 aliphatic heterocycles. The van der Waals surface area contributed by atoms with E-state index in [1.54, 1.807) is 31.2 Å². The van der Waals surface area contributed by atoms with Crippen LogP contribution in [0.15, 0.2) is 35.5 Å². The maximum Gasteiger partial charge on any atom is 0.335 e. The number of hydrogen-bond acceptors (Lipinski definition) is 5. The smallest absolute Gasteiger partial charge is 0.335 e. The van der Waals surface area contributed by atoms with Gasteiger partial charge in [-0.1, -0.05) is 0 Å². The fraction of sp³-hybridized carbons (Fsp3) is 0.389. The lowest BCUT2D eigenvalue weighted by Gasteiger charge is -2.24. The molecule has 2 N–H and O–H groups in total. The summed E-state index contributed by atoms with van der Waals surface area (Å²) in [6.07, 6.45) is 0.161. The zero-order valence-corrected chi connectivity index (χ0v) is 14.5. The molecule has 0 saturated carbocycles. The van der Waals surface area contributed by atoms with Gasteiger partial charge in [0.15, 0.2) is 0 Å². The molecular weight excluding hydrogens is 324 g/mol. The summed E-state index contributed by atoms with van der Waals surface area (Å²) in [5.74, 6) is -0.953. The molecule has 7 heteroatoms. The minimum Gasteiger partial charge on any atom is -0.494 e. The van der Waals surface area contributed by atoms with Crippen LogP contribution < -0.4 is 15.4 Å². The fourth-order valence-corrected chi connectivity index (χ4v) is 2.62. The third-order valence-corrected chi connectivity index (χ3v) is 3.90. The second-order valence-corrected chi connectivity index (χ2v) is 5.70. The lowest BCUT2D eigenvalue weighted by molar-refractivity contribution is -0.137. The van der Waals surface area contributed by atoms with Crippen LogP contribution in [0.5, 0.6) is 5.75 Å². The quantitative estimate of drug-likeness (QED) is 0.769. The molecule has 2 amide bonds. The van der Waals surface area contributed by atoms with E-state index in [2.05, 4.69) is 10.6 Å². The first-order valence-electron chi connectivity index (χ1n) is 8.06. The number of methoxy groups -OCH3 is 1. The van der Waals surface area contributed by atoms with Crippen molar-refractivity contribution in [2.75, 3.05) is 19.0 Å². The van der Waals surface area contributed by atoms with Gasteiger partial charge in [-0.05, 0) is 44.5 Å². The van der Waals surface area contributed by atoms with E-state index in [1.165, 1.54) is 7.11 Å². The van der Waals surface area contributed by atoms with E-state index in [0.29, 0.717) is 23.6 Å². The number of esters is 1. The van der Waals surface area contributed by atoms with E-state index < -0.39 is 11.9 Å². The summed E-state index contributed by atoms with van der Waals surface area (Å²) >= 11 is 0. The molecule has 2 rings (SSSR count). The Hall–Kier alpha value is -2.83. The molecule has 0 spiro atoms. The molecule has 1 heterocycles. The van der Waals surface area contributed by atoms with Gasteiger partial charge in [0.05, 0.1) is 25.2 Å². The number of amides is 2. The largest absolute Gasteiger partial charge is 0.494 e. The van der Waals surface area contributed by atoms with Crippen LogP contribution in [0.1, 0.15) is 26.7 Å². The van der Waals surface area contributed by atoms with Crippen LogP contribution in [0.4, 0.5) is 5.69 Å². The molecular formula is C18H22N2O5. The van der Waals surface area contributed by atoms with Crippen LogP contribution >= 0.6 is 0 Å². The van der Waals surface area contributed by atoms with E-state index in [4.69, 9.17) is 9.47 Å². The molecule has 1 aromatic carbocycles. The fourth-order valence-electron chi connectivity index (χ4n) is 2.62. The van der Waals surface area contributed by atoms with Gasteiger partial charge in [-0.3, -0.25) is 9.59 Å². The van der Waals surface area contributed by atoms with Gasteiger partial charge >= 0.3 is 5.97 Å². The first-order valence-corrected chi connectivity index (χ1v) is 8.06. The van der Waals surface area contributed by atoms with Crippen LogP contribution in [0.2, 0.25) is 0 Å². The minimum absolute atomic E-state index is 0.0210. The zero-order valence-electron chi connectivity index (χ0n) is 14.5. The van der Waals surface area contributed by atoms with Crippen LogP contribution in [0.25, 0.3) is 0 Å². The number of anilines is 1. The van der Waals surface area contributed by atoms with E-state index in [9.17, 15) is 14.4 Å². The van der Waals surface area contributed by atoms with Crippen molar-refractivity contribution < 1.29 is 23.9 Å². The molecule has 0 saturated heterocycles. The van der Waals surface area contributed by atoms with Gasteiger partial charge in [0.2, 0.25) is 11.8 Å². The molecule has 7 nitrogen and oxygen atoms in total. The number of allylic oxidation sites excluding steroid dienone is 1. The maximum absolute atomic E-state index is 12.2. The lowest BCUT2D eigenvalue weighted by Crippen LogP contribution is -2.38. The molecule has 0 aromatic heterocycles. The molecule has 1 aromatic rings. The van der Waals surface area contributed by atoms with E-state index >= 15 is 0 Å². The molecule has 0 fully saturated rings. The SMILES string of the molecule is CCOc1ccc(NC(=O)CC2CC(C(=O)OC)=C(C)NC2=O)cc1. The molecule has 1 aliphatic rings. The third kappa shape index (κ3) is 4.82. The number of benzene rings is 1. The molecule has 0 radical (unpaired) electrons. The molecule has 0 bridgehead atoms.